The molecule has 0 bridgehead atoms. The molecule has 1 rings (SSSR count). The van der Waals surface area contributed by atoms with Gasteiger partial charge in [0.05, 0.1) is 13.2 Å². The predicted octanol–water partition coefficient (Wildman–Crippen LogP) is 1.14. The van der Waals surface area contributed by atoms with Crippen molar-refractivity contribution < 1.29 is 24.1 Å². The second-order valence-corrected chi connectivity index (χ2v) is 4.85. The average molecular weight is 245 g/mol. The van der Waals surface area contributed by atoms with Gasteiger partial charge in [-0.15, -0.1) is 0 Å². The molecule has 1 heterocycles. The van der Waals surface area contributed by atoms with E-state index in [0.717, 1.165) is 0 Å². The summed E-state index contributed by atoms with van der Waals surface area (Å²) in [6.45, 7) is 6.20. The molecule has 1 aliphatic heterocycles. The molecule has 1 aliphatic rings. The van der Waals surface area contributed by atoms with Crippen LogP contribution in [0.25, 0.3) is 0 Å². The summed E-state index contributed by atoms with van der Waals surface area (Å²) in [5.41, 5.74) is -0.453. The molecular formula is C11H19NO5. The number of aldehydes is 1. The highest BCUT2D eigenvalue weighted by molar-refractivity contribution is 5.72. The van der Waals surface area contributed by atoms with E-state index in [0.29, 0.717) is 19.3 Å². The maximum Gasteiger partial charge on any atom is 0.410 e. The van der Waals surface area contributed by atoms with Crippen LogP contribution in [-0.4, -0.2) is 48.7 Å². The van der Waals surface area contributed by atoms with Crippen LogP contribution in [0.3, 0.4) is 0 Å². The first-order valence-electron chi connectivity index (χ1n) is 5.61. The van der Waals surface area contributed by atoms with Crippen LogP contribution in [0.5, 0.6) is 0 Å². The zero-order chi connectivity index (χ0) is 12.9. The van der Waals surface area contributed by atoms with Crippen LogP contribution in [0.1, 0.15) is 27.2 Å². The summed E-state index contributed by atoms with van der Waals surface area (Å²) in [6.07, 6.45) is 0.662. The molecule has 1 atom stereocenters. The van der Waals surface area contributed by atoms with Crippen molar-refractivity contribution in [2.45, 2.75) is 38.8 Å². The summed E-state index contributed by atoms with van der Waals surface area (Å²) in [4.78, 5) is 33.3. The van der Waals surface area contributed by atoms with E-state index in [1.165, 1.54) is 4.90 Å². The van der Waals surface area contributed by atoms with Gasteiger partial charge < -0.3 is 9.53 Å². The number of hydrogen-bond donors (Lipinski definition) is 0. The van der Waals surface area contributed by atoms with Crippen molar-refractivity contribution in [3.63, 3.8) is 0 Å². The summed E-state index contributed by atoms with van der Waals surface area (Å²) in [5, 5.41) is 0. The highest BCUT2D eigenvalue weighted by Crippen LogP contribution is 2.15. The molecule has 17 heavy (non-hydrogen) atoms. The van der Waals surface area contributed by atoms with E-state index in [1.807, 2.05) is 20.8 Å². The summed E-state index contributed by atoms with van der Waals surface area (Å²) in [7, 11) is 0. The molecule has 0 saturated carbocycles. The van der Waals surface area contributed by atoms with Crippen molar-refractivity contribution in [3.8, 4) is 0 Å². The van der Waals surface area contributed by atoms with Gasteiger partial charge in [0.15, 0.2) is 0 Å². The van der Waals surface area contributed by atoms with E-state index < -0.39 is 11.6 Å². The number of hydrogen-bond acceptors (Lipinski definition) is 5. The molecule has 0 aromatic heterocycles. The summed E-state index contributed by atoms with van der Waals surface area (Å²) >= 11 is 0. The van der Waals surface area contributed by atoms with Crippen LogP contribution in [0, 0.1) is 0 Å². The van der Waals surface area contributed by atoms with Crippen molar-refractivity contribution in [1.82, 2.24) is 4.90 Å². The molecule has 1 saturated heterocycles. The Morgan fingerprint density at radius 1 is 1.53 bits per heavy atom. The number of amides is 1. The molecule has 0 N–H and O–H groups in total. The smallest absolute Gasteiger partial charge is 0.410 e. The number of rotatable bonds is 4. The Kier molecular flexibility index (Phi) is 4.89. The van der Waals surface area contributed by atoms with Crippen LogP contribution >= 0.6 is 0 Å². The van der Waals surface area contributed by atoms with Crippen molar-refractivity contribution >= 4 is 12.4 Å². The lowest BCUT2D eigenvalue weighted by Crippen LogP contribution is -2.47. The average Bonchev–Trinajstić information content (AvgIpc) is 2.73. The Morgan fingerprint density at radius 3 is 2.71 bits per heavy atom. The Hall–Kier alpha value is -1.14. The van der Waals surface area contributed by atoms with Crippen LogP contribution in [0.2, 0.25) is 0 Å². The maximum atomic E-state index is 11.8. The largest absolute Gasteiger partial charge is 0.446 e. The number of carbonyl (C=O) groups is 2. The number of ether oxygens (including phenoxy) is 1. The molecule has 0 aliphatic carbocycles. The monoisotopic (exact) mass is 245 g/mol. The fourth-order valence-corrected chi connectivity index (χ4v) is 1.42. The van der Waals surface area contributed by atoms with E-state index >= 15 is 0 Å². The first-order valence-corrected chi connectivity index (χ1v) is 5.61. The molecule has 0 aromatic carbocycles. The van der Waals surface area contributed by atoms with E-state index in [2.05, 4.69) is 0 Å². The molecule has 0 radical (unpaired) electrons. The minimum absolute atomic E-state index is 0.0182. The molecule has 6 nitrogen and oxygen atoms in total. The van der Waals surface area contributed by atoms with E-state index in [4.69, 9.17) is 14.5 Å². The first-order chi connectivity index (χ1) is 7.95. The van der Waals surface area contributed by atoms with Gasteiger partial charge >= 0.3 is 6.09 Å². The zero-order valence-electron chi connectivity index (χ0n) is 10.5. The van der Waals surface area contributed by atoms with Gasteiger partial charge in [-0.1, -0.05) is 0 Å². The molecular weight excluding hydrogens is 226 g/mol. The van der Waals surface area contributed by atoms with Gasteiger partial charge in [0.25, 0.3) is 0 Å². The topological polar surface area (TPSA) is 65.1 Å². The lowest BCUT2D eigenvalue weighted by atomic mass is 10.1. The minimum atomic E-state index is -0.514. The molecule has 0 spiro atoms. The second-order valence-electron chi connectivity index (χ2n) is 4.85. The molecule has 6 heteroatoms. The minimum Gasteiger partial charge on any atom is -0.446 e. The Bertz CT molecular complexity index is 268. The van der Waals surface area contributed by atoms with Gasteiger partial charge in [-0.05, 0) is 20.8 Å². The van der Waals surface area contributed by atoms with Crippen molar-refractivity contribution in [2.75, 3.05) is 19.8 Å². The van der Waals surface area contributed by atoms with Crippen LogP contribution in [0.4, 0.5) is 4.79 Å². The molecule has 98 valence electrons. The SMILES string of the molecule is CC(C)(C)N(CC=O)C(=O)OCC1CCOO1. The first kappa shape index (κ1) is 13.9. The normalized spacial score (nSPS) is 20.1. The standard InChI is InChI=1S/C11H19NO5/c1-11(2,3)12(5-6-13)10(14)15-8-9-4-7-16-17-9/h6,9H,4-5,7-8H2,1-3H3. The maximum absolute atomic E-state index is 11.8. The van der Waals surface area contributed by atoms with Crippen molar-refractivity contribution in [3.05, 3.63) is 0 Å². The van der Waals surface area contributed by atoms with E-state index in [-0.39, 0.29) is 19.3 Å². The van der Waals surface area contributed by atoms with Crippen LogP contribution in [0.15, 0.2) is 0 Å². The third-order valence-electron chi connectivity index (χ3n) is 2.41. The van der Waals surface area contributed by atoms with Crippen molar-refractivity contribution in [2.24, 2.45) is 0 Å². The van der Waals surface area contributed by atoms with Gasteiger partial charge in [0.2, 0.25) is 0 Å². The van der Waals surface area contributed by atoms with Gasteiger partial charge in [-0.25, -0.2) is 14.6 Å². The van der Waals surface area contributed by atoms with Gasteiger partial charge in [-0.2, -0.15) is 0 Å². The number of nitrogens with zero attached hydrogens (tertiary/aromatic N) is 1. The van der Waals surface area contributed by atoms with Crippen LogP contribution < -0.4 is 0 Å². The summed E-state index contributed by atoms with van der Waals surface area (Å²) < 4.78 is 5.09. The highest BCUT2D eigenvalue weighted by Gasteiger charge is 2.28. The van der Waals surface area contributed by atoms with Crippen molar-refractivity contribution in [1.29, 1.82) is 0 Å². The lowest BCUT2D eigenvalue weighted by Gasteiger charge is -2.33. The fraction of sp³-hybridized carbons (Fsp3) is 0.818. The fourth-order valence-electron chi connectivity index (χ4n) is 1.42. The second kappa shape index (κ2) is 5.97. The van der Waals surface area contributed by atoms with Gasteiger partial charge in [0, 0.05) is 12.0 Å². The van der Waals surface area contributed by atoms with Gasteiger partial charge in [0.1, 0.15) is 19.0 Å². The Morgan fingerprint density at radius 2 is 2.24 bits per heavy atom. The van der Waals surface area contributed by atoms with Crippen LogP contribution in [-0.2, 0) is 19.3 Å². The lowest BCUT2D eigenvalue weighted by molar-refractivity contribution is -0.278. The van der Waals surface area contributed by atoms with E-state index in [1.54, 1.807) is 0 Å². The third-order valence-corrected chi connectivity index (χ3v) is 2.41. The predicted molar refractivity (Wildman–Crippen MR) is 59.3 cm³/mol. The highest BCUT2D eigenvalue weighted by atomic mass is 17.2. The Balaban J connectivity index is 2.44. The Labute approximate surface area is 101 Å². The van der Waals surface area contributed by atoms with Gasteiger partial charge in [-0.3, -0.25) is 4.90 Å². The molecule has 1 unspecified atom stereocenters. The zero-order valence-corrected chi connectivity index (χ0v) is 10.5. The molecule has 1 amide bonds. The number of carbonyl (C=O) groups excluding carboxylic acids is 2. The van der Waals surface area contributed by atoms with E-state index in [9.17, 15) is 9.59 Å². The molecule has 1 fully saturated rings. The summed E-state index contributed by atoms with van der Waals surface area (Å²) in [5.74, 6) is 0. The summed E-state index contributed by atoms with van der Waals surface area (Å²) in [6, 6.07) is 0. The quantitative estimate of drug-likeness (QED) is 0.549. The third kappa shape index (κ3) is 4.32. The molecule has 0 aromatic rings.